The zero-order chi connectivity index (χ0) is 18.4. The van der Waals surface area contributed by atoms with Crippen molar-refractivity contribution in [3.8, 4) is 0 Å². The van der Waals surface area contributed by atoms with Crippen molar-refractivity contribution in [1.29, 1.82) is 0 Å². The number of hydrogen-bond acceptors (Lipinski definition) is 2. The monoisotopic (exact) mass is 354 g/mol. The van der Waals surface area contributed by atoms with E-state index < -0.39 is 0 Å². The molecule has 1 aliphatic carbocycles. The molecule has 0 radical (unpaired) electrons. The summed E-state index contributed by atoms with van der Waals surface area (Å²) >= 11 is 0. The van der Waals surface area contributed by atoms with Crippen LogP contribution in [0, 0.1) is 5.92 Å². The van der Waals surface area contributed by atoms with Crippen LogP contribution in [0.25, 0.3) is 0 Å². The largest absolute Gasteiger partial charge is 0.295 e. The molecule has 1 aromatic carbocycles. The van der Waals surface area contributed by atoms with Crippen LogP contribution in [0.2, 0.25) is 0 Å². The number of benzene rings is 1. The molecule has 0 amide bonds. The molecule has 1 saturated carbocycles. The molecule has 2 nitrogen and oxygen atoms in total. The predicted octanol–water partition coefficient (Wildman–Crippen LogP) is 5.26. The first kappa shape index (κ1) is 18.5. The van der Waals surface area contributed by atoms with Gasteiger partial charge in [0.15, 0.2) is 0 Å². The van der Waals surface area contributed by atoms with Gasteiger partial charge in [-0.15, -0.1) is 0 Å². The van der Waals surface area contributed by atoms with Gasteiger partial charge in [-0.25, -0.2) is 0 Å². The van der Waals surface area contributed by atoms with E-state index in [9.17, 15) is 0 Å². The minimum atomic E-state index is 0.311. The van der Waals surface area contributed by atoms with Crippen LogP contribution in [0.15, 0.2) is 24.3 Å². The fraction of sp³-hybridized carbons (Fsp3) is 0.750. The van der Waals surface area contributed by atoms with Crippen LogP contribution in [-0.2, 0) is 13.0 Å². The summed E-state index contributed by atoms with van der Waals surface area (Å²) in [5, 5.41) is 0. The molecule has 2 unspecified atom stereocenters. The van der Waals surface area contributed by atoms with Gasteiger partial charge in [-0.1, -0.05) is 24.3 Å². The number of nitrogens with zero attached hydrogens (tertiary/aromatic N) is 2. The van der Waals surface area contributed by atoms with Gasteiger partial charge in [-0.3, -0.25) is 9.80 Å². The molecule has 1 saturated heterocycles. The Morgan fingerprint density at radius 1 is 1.12 bits per heavy atom. The molecule has 0 N–H and O–H groups in total. The van der Waals surface area contributed by atoms with E-state index in [1.807, 2.05) is 0 Å². The second kappa shape index (κ2) is 6.95. The first-order chi connectivity index (χ1) is 12.4. The lowest BCUT2D eigenvalue weighted by atomic mass is 9.84. The number of fused-ring (bicyclic) bond motifs is 1. The quantitative estimate of drug-likeness (QED) is 0.728. The molecular weight excluding hydrogens is 316 g/mol. The maximum atomic E-state index is 2.84. The van der Waals surface area contributed by atoms with Crippen LogP contribution < -0.4 is 0 Å². The van der Waals surface area contributed by atoms with E-state index >= 15 is 0 Å². The van der Waals surface area contributed by atoms with E-state index in [1.54, 1.807) is 11.1 Å². The molecule has 2 heteroatoms. The molecule has 0 aromatic heterocycles. The van der Waals surface area contributed by atoms with Gasteiger partial charge in [0.05, 0.1) is 0 Å². The van der Waals surface area contributed by atoms with Crippen LogP contribution >= 0.6 is 0 Å². The molecule has 2 fully saturated rings. The Kier molecular flexibility index (Phi) is 4.94. The van der Waals surface area contributed by atoms with Crippen LogP contribution in [0.4, 0.5) is 0 Å². The zero-order valence-electron chi connectivity index (χ0n) is 17.4. The van der Waals surface area contributed by atoms with Crippen molar-refractivity contribution in [2.75, 3.05) is 13.1 Å². The van der Waals surface area contributed by atoms with Crippen molar-refractivity contribution in [2.24, 2.45) is 5.92 Å². The summed E-state index contributed by atoms with van der Waals surface area (Å²) in [4.78, 5) is 5.60. The average Bonchev–Trinajstić information content (AvgIpc) is 3.21. The number of hydrogen-bond donors (Lipinski definition) is 0. The molecule has 2 heterocycles. The second-order valence-electron chi connectivity index (χ2n) is 10.2. The Labute approximate surface area is 161 Å². The standard InChI is InChI=1S/C24H38N2/c1-19(2)26-14-7-12-24(26)13-10-20(17-24)16-23(3,4)25-15-11-21-8-5-6-9-22(21)18-25/h5-6,8-9,19-20H,7,10-18H2,1-4H3. The lowest BCUT2D eigenvalue weighted by Gasteiger charge is -2.43. The van der Waals surface area contributed by atoms with E-state index in [0.717, 1.165) is 12.5 Å². The summed E-state index contributed by atoms with van der Waals surface area (Å²) in [6.45, 7) is 13.5. The Balaban J connectivity index is 1.41. The van der Waals surface area contributed by atoms with Gasteiger partial charge in [0.25, 0.3) is 0 Å². The summed E-state index contributed by atoms with van der Waals surface area (Å²) < 4.78 is 0. The first-order valence-electron chi connectivity index (χ1n) is 11.0. The van der Waals surface area contributed by atoms with Gasteiger partial charge >= 0.3 is 0 Å². The lowest BCUT2D eigenvalue weighted by molar-refractivity contribution is 0.0700. The Morgan fingerprint density at radius 3 is 2.65 bits per heavy atom. The Morgan fingerprint density at radius 2 is 1.88 bits per heavy atom. The fourth-order valence-electron chi connectivity index (χ4n) is 6.49. The summed E-state index contributed by atoms with van der Waals surface area (Å²) in [5.74, 6) is 0.904. The highest BCUT2D eigenvalue weighted by Crippen LogP contribution is 2.49. The molecule has 0 bridgehead atoms. The van der Waals surface area contributed by atoms with E-state index in [1.165, 1.54) is 58.0 Å². The normalized spacial score (nSPS) is 30.4. The smallest absolute Gasteiger partial charge is 0.0241 e. The molecule has 2 aliphatic heterocycles. The van der Waals surface area contributed by atoms with Gasteiger partial charge < -0.3 is 0 Å². The fourth-order valence-corrected chi connectivity index (χ4v) is 6.49. The predicted molar refractivity (Wildman–Crippen MR) is 110 cm³/mol. The third-order valence-corrected chi connectivity index (χ3v) is 7.74. The molecule has 1 aromatic rings. The zero-order valence-corrected chi connectivity index (χ0v) is 17.4. The Hall–Kier alpha value is -0.860. The van der Waals surface area contributed by atoms with Crippen LogP contribution in [0.5, 0.6) is 0 Å². The van der Waals surface area contributed by atoms with Crippen molar-refractivity contribution >= 4 is 0 Å². The molecule has 2 atom stereocenters. The summed E-state index contributed by atoms with van der Waals surface area (Å²) in [6, 6.07) is 9.77. The maximum Gasteiger partial charge on any atom is 0.0241 e. The summed E-state index contributed by atoms with van der Waals surface area (Å²) in [5.41, 5.74) is 3.98. The van der Waals surface area contributed by atoms with Crippen molar-refractivity contribution < 1.29 is 0 Å². The van der Waals surface area contributed by atoms with Gasteiger partial charge in [-0.05, 0) is 96.2 Å². The minimum Gasteiger partial charge on any atom is -0.295 e. The van der Waals surface area contributed by atoms with Crippen molar-refractivity contribution in [3.05, 3.63) is 35.4 Å². The van der Waals surface area contributed by atoms with Crippen LogP contribution in [-0.4, -0.2) is 40.0 Å². The van der Waals surface area contributed by atoms with Gasteiger partial charge in [0, 0.05) is 30.2 Å². The van der Waals surface area contributed by atoms with Gasteiger partial charge in [0.1, 0.15) is 0 Å². The van der Waals surface area contributed by atoms with Gasteiger partial charge in [-0.2, -0.15) is 0 Å². The first-order valence-corrected chi connectivity index (χ1v) is 11.0. The third kappa shape index (κ3) is 3.36. The summed E-state index contributed by atoms with van der Waals surface area (Å²) in [7, 11) is 0. The molecule has 4 rings (SSSR count). The average molecular weight is 355 g/mol. The molecule has 1 spiro atoms. The topological polar surface area (TPSA) is 6.48 Å². The SMILES string of the molecule is CC(C)N1CCCC12CCC(CC(C)(C)N1CCc3ccccc3C1)C2. The highest BCUT2D eigenvalue weighted by atomic mass is 15.2. The third-order valence-electron chi connectivity index (χ3n) is 7.74. The highest BCUT2D eigenvalue weighted by Gasteiger charge is 2.48. The number of likely N-dealkylation sites (tertiary alicyclic amines) is 1. The molecule has 3 aliphatic rings. The minimum absolute atomic E-state index is 0.311. The van der Waals surface area contributed by atoms with E-state index in [0.29, 0.717) is 17.1 Å². The molecule has 26 heavy (non-hydrogen) atoms. The van der Waals surface area contributed by atoms with E-state index in [-0.39, 0.29) is 0 Å². The van der Waals surface area contributed by atoms with Crippen LogP contribution in [0.1, 0.15) is 77.3 Å². The lowest BCUT2D eigenvalue weighted by Crippen LogP contribution is -2.48. The second-order valence-corrected chi connectivity index (χ2v) is 10.2. The molecular formula is C24H38N2. The van der Waals surface area contributed by atoms with Crippen molar-refractivity contribution in [1.82, 2.24) is 9.80 Å². The van der Waals surface area contributed by atoms with Crippen molar-refractivity contribution in [2.45, 2.75) is 96.3 Å². The van der Waals surface area contributed by atoms with E-state index in [4.69, 9.17) is 0 Å². The highest BCUT2D eigenvalue weighted by molar-refractivity contribution is 5.29. The van der Waals surface area contributed by atoms with E-state index in [2.05, 4.69) is 61.8 Å². The number of rotatable bonds is 4. The molecule has 144 valence electrons. The Bertz CT molecular complexity index is 635. The van der Waals surface area contributed by atoms with Crippen LogP contribution in [0.3, 0.4) is 0 Å². The maximum absolute atomic E-state index is 2.84. The van der Waals surface area contributed by atoms with Crippen molar-refractivity contribution in [3.63, 3.8) is 0 Å². The van der Waals surface area contributed by atoms with Gasteiger partial charge in [0.2, 0.25) is 0 Å². The summed E-state index contributed by atoms with van der Waals surface area (Å²) in [6.07, 6.45) is 9.76.